The van der Waals surface area contributed by atoms with Crippen LogP contribution in [0.4, 0.5) is 0 Å². The minimum atomic E-state index is -0.897. The van der Waals surface area contributed by atoms with E-state index in [0.29, 0.717) is 30.3 Å². The molecule has 1 heterocycles. The number of likely N-dealkylation sites (tertiary alicyclic amines) is 1. The fourth-order valence-electron chi connectivity index (χ4n) is 2.13. The maximum atomic E-state index is 11.9. The minimum Gasteiger partial charge on any atom is -0.493 e. The van der Waals surface area contributed by atoms with Crippen LogP contribution in [0.25, 0.3) is 0 Å². The van der Waals surface area contributed by atoms with Gasteiger partial charge in [0, 0.05) is 25.2 Å². The van der Waals surface area contributed by atoms with Gasteiger partial charge in [-0.2, -0.15) is 0 Å². The summed E-state index contributed by atoms with van der Waals surface area (Å²) in [5, 5.41) is 3.25. The van der Waals surface area contributed by atoms with E-state index in [9.17, 15) is 14.4 Å². The summed E-state index contributed by atoms with van der Waals surface area (Å²) in [5.41, 5.74) is 0. The average Bonchev–Trinajstić information content (AvgIpc) is 2.74. The van der Waals surface area contributed by atoms with E-state index < -0.39 is 23.5 Å². The van der Waals surface area contributed by atoms with E-state index in [-0.39, 0.29) is 6.54 Å². The van der Waals surface area contributed by atoms with E-state index in [1.165, 1.54) is 11.9 Å². The van der Waals surface area contributed by atoms with Gasteiger partial charge in [0.1, 0.15) is 11.7 Å². The first-order valence-corrected chi connectivity index (χ1v) is 7.32. The number of carbonyl (C=O) groups excluding carboxylic acids is 3. The van der Waals surface area contributed by atoms with Crippen LogP contribution in [-0.4, -0.2) is 49.2 Å². The molecule has 2 amide bonds. The van der Waals surface area contributed by atoms with Crippen LogP contribution in [0, 0.1) is 5.92 Å². The molecule has 0 aromatic heterocycles. The van der Waals surface area contributed by atoms with Crippen molar-refractivity contribution < 1.29 is 19.1 Å². The zero-order valence-corrected chi connectivity index (χ0v) is 12.9. The molecule has 1 unspecified atom stereocenters. The van der Waals surface area contributed by atoms with Crippen LogP contribution < -0.4 is 10.1 Å². The number of halogens is 1. The number of rotatable bonds is 6. The Labute approximate surface area is 133 Å². The van der Waals surface area contributed by atoms with Crippen molar-refractivity contribution in [3.63, 3.8) is 0 Å². The van der Waals surface area contributed by atoms with Crippen molar-refractivity contribution in [1.82, 2.24) is 10.2 Å². The number of carbonyl (C=O) groups is 3. The second-order valence-corrected chi connectivity index (χ2v) is 5.49. The number of nitrogens with zero attached hydrogens (tertiary/aromatic N) is 1. The molecule has 0 spiro atoms. The van der Waals surface area contributed by atoms with Crippen LogP contribution in [0.5, 0.6) is 5.75 Å². The summed E-state index contributed by atoms with van der Waals surface area (Å²) in [6.07, 6.45) is 0.586. The standard InChI is InChI=1S/C15H17ClN2O4/c1-18-9-12(13(19)15(18)21)14(20)17-6-3-7-22-11-5-2-4-10(16)8-11/h2,4-5,8,12H,3,6-7,9H2,1H3,(H,17,20). The minimum absolute atomic E-state index is 0.141. The smallest absolute Gasteiger partial charge is 0.290 e. The highest BCUT2D eigenvalue weighted by atomic mass is 35.5. The quantitative estimate of drug-likeness (QED) is 0.479. The van der Waals surface area contributed by atoms with Crippen molar-refractivity contribution in [2.24, 2.45) is 5.92 Å². The number of Topliss-reactive ketones (excluding diaryl/α,β-unsaturated/α-hetero) is 1. The Morgan fingerprint density at radius 1 is 1.45 bits per heavy atom. The first kappa shape index (κ1) is 16.3. The van der Waals surface area contributed by atoms with Crippen LogP contribution >= 0.6 is 11.6 Å². The van der Waals surface area contributed by atoms with Gasteiger partial charge >= 0.3 is 0 Å². The van der Waals surface area contributed by atoms with Crippen molar-refractivity contribution >= 4 is 29.2 Å². The lowest BCUT2D eigenvalue weighted by Gasteiger charge is -2.10. The molecule has 1 aliphatic heterocycles. The van der Waals surface area contributed by atoms with E-state index in [1.54, 1.807) is 24.3 Å². The number of hydrogen-bond donors (Lipinski definition) is 1. The van der Waals surface area contributed by atoms with Gasteiger partial charge in [-0.05, 0) is 24.6 Å². The molecular weight excluding hydrogens is 308 g/mol. The molecule has 2 rings (SSSR count). The number of ketones is 1. The lowest BCUT2D eigenvalue weighted by Crippen LogP contribution is -2.36. The van der Waals surface area contributed by atoms with Gasteiger partial charge in [-0.3, -0.25) is 14.4 Å². The third-order valence-corrected chi connectivity index (χ3v) is 3.57. The third kappa shape index (κ3) is 3.98. The van der Waals surface area contributed by atoms with Crippen LogP contribution in [0.1, 0.15) is 6.42 Å². The number of likely N-dealkylation sites (N-methyl/N-ethyl adjacent to an activating group) is 1. The van der Waals surface area contributed by atoms with Gasteiger partial charge in [-0.15, -0.1) is 0 Å². The summed E-state index contributed by atoms with van der Waals surface area (Å²) >= 11 is 5.84. The van der Waals surface area contributed by atoms with E-state index in [4.69, 9.17) is 16.3 Å². The van der Waals surface area contributed by atoms with E-state index in [2.05, 4.69) is 5.32 Å². The van der Waals surface area contributed by atoms with Crippen molar-refractivity contribution in [3.05, 3.63) is 29.3 Å². The van der Waals surface area contributed by atoms with Gasteiger partial charge in [-0.25, -0.2) is 0 Å². The average molecular weight is 325 g/mol. The predicted molar refractivity (Wildman–Crippen MR) is 80.7 cm³/mol. The molecule has 1 N–H and O–H groups in total. The molecule has 0 saturated carbocycles. The highest BCUT2D eigenvalue weighted by molar-refractivity contribution is 6.42. The molecule has 0 bridgehead atoms. The first-order chi connectivity index (χ1) is 10.5. The Hall–Kier alpha value is -2.08. The topological polar surface area (TPSA) is 75.7 Å². The molecular formula is C15H17ClN2O4. The van der Waals surface area contributed by atoms with Crippen LogP contribution in [0.15, 0.2) is 24.3 Å². The Morgan fingerprint density at radius 2 is 2.23 bits per heavy atom. The summed E-state index contributed by atoms with van der Waals surface area (Å²) < 4.78 is 5.48. The number of hydrogen-bond acceptors (Lipinski definition) is 4. The monoisotopic (exact) mass is 324 g/mol. The normalized spacial score (nSPS) is 17.7. The fourth-order valence-corrected chi connectivity index (χ4v) is 2.31. The molecule has 118 valence electrons. The molecule has 0 aliphatic carbocycles. The summed E-state index contributed by atoms with van der Waals surface area (Å²) in [6, 6.07) is 7.05. The van der Waals surface area contributed by atoms with Crippen LogP contribution in [-0.2, 0) is 14.4 Å². The Balaban J connectivity index is 1.68. The summed E-state index contributed by atoms with van der Waals surface area (Å²) in [6.45, 7) is 0.932. The lowest BCUT2D eigenvalue weighted by atomic mass is 10.1. The zero-order chi connectivity index (χ0) is 16.1. The second-order valence-electron chi connectivity index (χ2n) is 5.05. The molecule has 1 atom stereocenters. The highest BCUT2D eigenvalue weighted by Crippen LogP contribution is 2.17. The van der Waals surface area contributed by atoms with Gasteiger partial charge in [0.2, 0.25) is 11.7 Å². The lowest BCUT2D eigenvalue weighted by molar-refractivity contribution is -0.142. The molecule has 6 nitrogen and oxygen atoms in total. The molecule has 7 heteroatoms. The maximum Gasteiger partial charge on any atom is 0.290 e. The van der Waals surface area contributed by atoms with Crippen LogP contribution in [0.3, 0.4) is 0 Å². The first-order valence-electron chi connectivity index (χ1n) is 6.94. The molecule has 0 radical (unpaired) electrons. The SMILES string of the molecule is CN1CC(C(=O)NCCCOc2cccc(Cl)c2)C(=O)C1=O. The molecule has 1 aromatic carbocycles. The van der Waals surface area contributed by atoms with Gasteiger partial charge in [0.05, 0.1) is 6.61 Å². The zero-order valence-electron chi connectivity index (χ0n) is 12.2. The maximum absolute atomic E-state index is 11.9. The number of benzene rings is 1. The predicted octanol–water partition coefficient (Wildman–Crippen LogP) is 0.882. The molecule has 1 saturated heterocycles. The largest absolute Gasteiger partial charge is 0.493 e. The Morgan fingerprint density at radius 3 is 2.86 bits per heavy atom. The van der Waals surface area contributed by atoms with Crippen molar-refractivity contribution in [2.45, 2.75) is 6.42 Å². The Kier molecular flexibility index (Phi) is 5.38. The van der Waals surface area contributed by atoms with Crippen LogP contribution in [0.2, 0.25) is 5.02 Å². The molecule has 1 aliphatic rings. The van der Waals surface area contributed by atoms with Gasteiger partial charge < -0.3 is 15.0 Å². The number of ether oxygens (including phenoxy) is 1. The Bertz CT molecular complexity index is 591. The van der Waals surface area contributed by atoms with Gasteiger partial charge in [0.15, 0.2) is 0 Å². The van der Waals surface area contributed by atoms with Crippen molar-refractivity contribution in [2.75, 3.05) is 26.7 Å². The van der Waals surface area contributed by atoms with E-state index >= 15 is 0 Å². The molecule has 1 aromatic rings. The summed E-state index contributed by atoms with van der Waals surface area (Å²) in [5.74, 6) is -1.89. The van der Waals surface area contributed by atoms with E-state index in [0.717, 1.165) is 0 Å². The highest BCUT2D eigenvalue weighted by Gasteiger charge is 2.41. The van der Waals surface area contributed by atoms with Gasteiger partial charge in [-0.1, -0.05) is 17.7 Å². The summed E-state index contributed by atoms with van der Waals surface area (Å²) in [7, 11) is 1.51. The second kappa shape index (κ2) is 7.26. The van der Waals surface area contributed by atoms with E-state index in [1.807, 2.05) is 0 Å². The fraction of sp³-hybridized carbons (Fsp3) is 0.400. The number of nitrogens with one attached hydrogen (secondary N) is 1. The van der Waals surface area contributed by atoms with Crippen molar-refractivity contribution in [1.29, 1.82) is 0 Å². The molecule has 22 heavy (non-hydrogen) atoms. The molecule has 1 fully saturated rings. The summed E-state index contributed by atoms with van der Waals surface area (Å²) in [4.78, 5) is 36.0. The van der Waals surface area contributed by atoms with Gasteiger partial charge in [0.25, 0.3) is 5.91 Å². The number of amides is 2. The van der Waals surface area contributed by atoms with Crippen molar-refractivity contribution in [3.8, 4) is 5.75 Å². The third-order valence-electron chi connectivity index (χ3n) is 3.33.